The molecule has 0 aliphatic heterocycles. The summed E-state index contributed by atoms with van der Waals surface area (Å²) < 4.78 is 23.5. The maximum atomic E-state index is 13.0. The van der Waals surface area contributed by atoms with Crippen LogP contribution in [0.25, 0.3) is 0 Å². The molecule has 0 aromatic heterocycles. The second-order valence-corrected chi connectivity index (χ2v) is 24.9. The summed E-state index contributed by atoms with van der Waals surface area (Å²) in [5.41, 5.74) is 0. The van der Waals surface area contributed by atoms with E-state index in [0.29, 0.717) is 23.9 Å². The van der Waals surface area contributed by atoms with Crippen LogP contribution in [-0.2, 0) is 18.4 Å². The molecule has 1 amide bonds. The maximum Gasteiger partial charge on any atom is 0.268 e. The second kappa shape index (κ2) is 55.0. The number of carbonyl (C=O) groups excluding carboxylic acids is 1. The van der Waals surface area contributed by atoms with Crippen LogP contribution in [0.4, 0.5) is 0 Å². The van der Waals surface area contributed by atoms with Gasteiger partial charge in [0.2, 0.25) is 5.91 Å². The Hall–Kier alpha value is -0.760. The highest BCUT2D eigenvalue weighted by molar-refractivity contribution is 7.45. The van der Waals surface area contributed by atoms with Crippen LogP contribution < -0.4 is 10.2 Å². The van der Waals surface area contributed by atoms with Crippen molar-refractivity contribution in [1.82, 2.24) is 5.32 Å². The predicted octanol–water partition coefficient (Wildman–Crippen LogP) is 19.1. The number of phosphoric ester groups is 1. The summed E-state index contributed by atoms with van der Waals surface area (Å²) in [5.74, 6) is -0.159. The first kappa shape index (κ1) is 71.2. The van der Waals surface area contributed by atoms with Crippen molar-refractivity contribution >= 4 is 13.7 Å². The molecule has 0 aliphatic carbocycles. The van der Waals surface area contributed by atoms with Crippen molar-refractivity contribution < 1.29 is 32.9 Å². The standard InChI is InChI=1S/C63H127N2O6P/c1-6-8-10-12-14-16-18-20-22-24-26-28-30-32-33-35-37-39-41-43-45-47-49-51-53-55-57-63(67)64-61(60-71-72(68,69)70-59-58-65(3,4)5)62(66)56-54-52-50-48-46-44-42-40-38-36-34-31-29-27-25-23-21-19-17-15-13-11-9-7-2/h32-33,61-62,66H,6-31,34-60H2,1-5H3,(H-,64,67,68,69)/b33-32-. The van der Waals surface area contributed by atoms with Gasteiger partial charge in [-0.3, -0.25) is 9.36 Å². The normalized spacial score (nSPS) is 13.8. The van der Waals surface area contributed by atoms with Crippen molar-refractivity contribution in [2.24, 2.45) is 0 Å². The van der Waals surface area contributed by atoms with E-state index in [0.717, 1.165) is 38.5 Å². The number of amides is 1. The molecule has 0 aromatic carbocycles. The largest absolute Gasteiger partial charge is 0.756 e. The van der Waals surface area contributed by atoms with Gasteiger partial charge < -0.3 is 28.8 Å². The Balaban J connectivity index is 4.08. The summed E-state index contributed by atoms with van der Waals surface area (Å²) in [6, 6.07) is -0.800. The molecule has 430 valence electrons. The molecule has 0 saturated carbocycles. The van der Waals surface area contributed by atoms with Crippen molar-refractivity contribution in [3.63, 3.8) is 0 Å². The number of carbonyl (C=O) groups is 1. The van der Waals surface area contributed by atoms with Gasteiger partial charge in [-0.1, -0.05) is 302 Å². The lowest BCUT2D eigenvalue weighted by atomic mass is 10.0. The number of hydrogen-bond acceptors (Lipinski definition) is 6. The van der Waals surface area contributed by atoms with Gasteiger partial charge in [0.05, 0.1) is 39.9 Å². The van der Waals surface area contributed by atoms with Crippen molar-refractivity contribution in [3.05, 3.63) is 12.2 Å². The first-order valence-corrected chi connectivity index (χ1v) is 33.5. The number of hydrogen-bond donors (Lipinski definition) is 2. The zero-order valence-corrected chi connectivity index (χ0v) is 50.1. The van der Waals surface area contributed by atoms with Gasteiger partial charge in [0.25, 0.3) is 7.82 Å². The molecule has 8 nitrogen and oxygen atoms in total. The van der Waals surface area contributed by atoms with E-state index < -0.39 is 20.0 Å². The quantitative estimate of drug-likeness (QED) is 0.0272. The minimum Gasteiger partial charge on any atom is -0.756 e. The van der Waals surface area contributed by atoms with E-state index >= 15 is 0 Å². The Bertz CT molecular complexity index is 1180. The topological polar surface area (TPSA) is 108 Å². The Morgan fingerprint density at radius 2 is 0.764 bits per heavy atom. The molecular weight excluding hydrogens is 912 g/mol. The molecule has 3 unspecified atom stereocenters. The molecule has 0 bridgehead atoms. The molecule has 3 atom stereocenters. The van der Waals surface area contributed by atoms with Crippen molar-refractivity contribution in [1.29, 1.82) is 0 Å². The molecule has 2 N–H and O–H groups in total. The molecule has 0 rings (SSSR count). The maximum absolute atomic E-state index is 13.0. The average molecular weight is 1040 g/mol. The lowest BCUT2D eigenvalue weighted by Crippen LogP contribution is -2.46. The third kappa shape index (κ3) is 57.0. The minimum atomic E-state index is -4.57. The Morgan fingerprint density at radius 3 is 1.08 bits per heavy atom. The Labute approximate surface area is 450 Å². The fourth-order valence-corrected chi connectivity index (χ4v) is 10.7. The number of unbranched alkanes of at least 4 members (excludes halogenated alkanes) is 45. The fraction of sp³-hybridized carbons (Fsp3) is 0.952. The lowest BCUT2D eigenvalue weighted by molar-refractivity contribution is -0.870. The van der Waals surface area contributed by atoms with E-state index in [9.17, 15) is 19.4 Å². The Kier molecular flexibility index (Phi) is 54.4. The van der Waals surface area contributed by atoms with Crippen molar-refractivity contribution in [2.45, 2.75) is 347 Å². The van der Waals surface area contributed by atoms with Crippen LogP contribution in [0.1, 0.15) is 335 Å². The number of phosphoric acid groups is 1. The van der Waals surface area contributed by atoms with Crippen LogP contribution in [0.3, 0.4) is 0 Å². The number of aliphatic hydroxyl groups excluding tert-OH is 1. The molecular formula is C63H127N2O6P. The molecule has 0 fully saturated rings. The zero-order valence-electron chi connectivity index (χ0n) is 49.2. The van der Waals surface area contributed by atoms with Gasteiger partial charge in [-0.2, -0.15) is 0 Å². The van der Waals surface area contributed by atoms with Gasteiger partial charge in [0, 0.05) is 6.42 Å². The summed E-state index contributed by atoms with van der Waals surface area (Å²) in [7, 11) is 1.32. The molecule has 72 heavy (non-hydrogen) atoms. The summed E-state index contributed by atoms with van der Waals surface area (Å²) in [6.07, 6.45) is 68.3. The number of allylic oxidation sites excluding steroid dienone is 2. The molecule has 0 saturated heterocycles. The van der Waals surface area contributed by atoms with E-state index in [1.165, 1.54) is 270 Å². The highest BCUT2D eigenvalue weighted by Gasteiger charge is 2.24. The van der Waals surface area contributed by atoms with Crippen molar-refractivity contribution in [2.75, 3.05) is 40.9 Å². The number of nitrogens with one attached hydrogen (secondary N) is 1. The number of quaternary nitrogens is 1. The van der Waals surface area contributed by atoms with Gasteiger partial charge in [-0.15, -0.1) is 0 Å². The lowest BCUT2D eigenvalue weighted by Gasteiger charge is -2.30. The SMILES string of the molecule is CCCCCCCCCCCCCC/C=C\CCCCCCCCCCCCC(=O)NC(COP(=O)([O-])OCC[N+](C)(C)C)C(O)CCCCCCCCCCCCCCCCCCCCCCCCCC. The van der Waals surface area contributed by atoms with Gasteiger partial charge >= 0.3 is 0 Å². The van der Waals surface area contributed by atoms with Crippen LogP contribution in [0.15, 0.2) is 12.2 Å². The molecule has 0 heterocycles. The van der Waals surface area contributed by atoms with Crippen LogP contribution in [-0.4, -0.2) is 68.5 Å². The van der Waals surface area contributed by atoms with Crippen LogP contribution in [0, 0.1) is 0 Å². The van der Waals surface area contributed by atoms with E-state index in [2.05, 4.69) is 31.3 Å². The van der Waals surface area contributed by atoms with Gasteiger partial charge in [0.1, 0.15) is 13.2 Å². The minimum absolute atomic E-state index is 0.0147. The summed E-state index contributed by atoms with van der Waals surface area (Å²) in [5, 5.41) is 14.1. The monoisotopic (exact) mass is 1040 g/mol. The number of aliphatic hydroxyl groups is 1. The first-order chi connectivity index (χ1) is 35.0. The summed E-state index contributed by atoms with van der Waals surface area (Å²) >= 11 is 0. The number of rotatable bonds is 60. The van der Waals surface area contributed by atoms with Crippen LogP contribution in [0.5, 0.6) is 0 Å². The van der Waals surface area contributed by atoms with E-state index in [1.807, 2.05) is 21.1 Å². The summed E-state index contributed by atoms with van der Waals surface area (Å²) in [4.78, 5) is 25.6. The summed E-state index contributed by atoms with van der Waals surface area (Å²) in [6.45, 7) is 4.78. The van der Waals surface area contributed by atoms with E-state index in [-0.39, 0.29) is 19.1 Å². The molecule has 0 aliphatic rings. The fourth-order valence-electron chi connectivity index (χ4n) is 9.98. The zero-order chi connectivity index (χ0) is 52.7. The third-order valence-corrected chi connectivity index (χ3v) is 16.0. The van der Waals surface area contributed by atoms with E-state index in [1.54, 1.807) is 0 Å². The highest BCUT2D eigenvalue weighted by Crippen LogP contribution is 2.38. The average Bonchev–Trinajstić information content (AvgIpc) is 3.34. The van der Waals surface area contributed by atoms with Gasteiger partial charge in [-0.25, -0.2) is 0 Å². The number of likely N-dealkylation sites (N-methyl/N-ethyl adjacent to an activating group) is 1. The molecule has 0 spiro atoms. The van der Waals surface area contributed by atoms with E-state index in [4.69, 9.17) is 9.05 Å². The van der Waals surface area contributed by atoms with Crippen molar-refractivity contribution in [3.8, 4) is 0 Å². The van der Waals surface area contributed by atoms with Crippen LogP contribution in [0.2, 0.25) is 0 Å². The third-order valence-electron chi connectivity index (χ3n) is 15.0. The Morgan fingerprint density at radius 1 is 0.472 bits per heavy atom. The van der Waals surface area contributed by atoms with Gasteiger partial charge in [-0.05, 0) is 38.5 Å². The first-order valence-electron chi connectivity index (χ1n) is 32.0. The molecule has 0 aromatic rings. The predicted molar refractivity (Wildman–Crippen MR) is 312 cm³/mol. The van der Waals surface area contributed by atoms with Crippen LogP contribution >= 0.6 is 7.82 Å². The van der Waals surface area contributed by atoms with Gasteiger partial charge in [0.15, 0.2) is 0 Å². The number of nitrogens with zero attached hydrogens (tertiary/aromatic N) is 1. The smallest absolute Gasteiger partial charge is 0.268 e. The highest BCUT2D eigenvalue weighted by atomic mass is 31.2. The molecule has 0 radical (unpaired) electrons. The molecule has 9 heteroatoms. The second-order valence-electron chi connectivity index (χ2n) is 23.5.